The standard InChI is InChI=1S/C16H23N3O3.ClH/c1-17-8-7-15(20)18-9-11-19(12-10-18)16(21)13-3-5-14(22-2)6-4-13;/h3-6,17H,7-12H2,1-2H3;1H. The molecule has 1 N–H and O–H groups in total. The van der Waals surface area contributed by atoms with Crippen molar-refractivity contribution in [3.05, 3.63) is 29.8 Å². The largest absolute Gasteiger partial charge is 0.497 e. The number of methoxy groups -OCH3 is 1. The first-order valence-corrected chi connectivity index (χ1v) is 7.51. The quantitative estimate of drug-likeness (QED) is 0.868. The van der Waals surface area contributed by atoms with Crippen LogP contribution in [0.1, 0.15) is 16.8 Å². The highest BCUT2D eigenvalue weighted by Gasteiger charge is 2.24. The molecule has 0 radical (unpaired) electrons. The van der Waals surface area contributed by atoms with Crippen molar-refractivity contribution in [2.45, 2.75) is 6.42 Å². The zero-order valence-electron chi connectivity index (χ0n) is 13.6. The molecule has 1 aromatic carbocycles. The molecule has 1 aliphatic heterocycles. The van der Waals surface area contributed by atoms with Crippen molar-refractivity contribution in [2.24, 2.45) is 0 Å². The number of amides is 2. The molecule has 0 atom stereocenters. The molecule has 1 aliphatic rings. The van der Waals surface area contributed by atoms with Gasteiger partial charge in [-0.2, -0.15) is 0 Å². The third-order valence-electron chi connectivity index (χ3n) is 3.85. The maximum absolute atomic E-state index is 12.4. The van der Waals surface area contributed by atoms with Gasteiger partial charge in [-0.05, 0) is 31.3 Å². The van der Waals surface area contributed by atoms with Gasteiger partial charge in [-0.15, -0.1) is 12.4 Å². The molecule has 0 unspecified atom stereocenters. The Morgan fingerprint density at radius 2 is 1.65 bits per heavy atom. The predicted octanol–water partition coefficient (Wildman–Crippen LogP) is 1.01. The number of piperazine rings is 1. The average Bonchev–Trinajstić information content (AvgIpc) is 2.59. The van der Waals surface area contributed by atoms with Crippen LogP contribution in [0.4, 0.5) is 0 Å². The molecule has 1 aromatic rings. The number of nitrogens with zero attached hydrogens (tertiary/aromatic N) is 2. The minimum Gasteiger partial charge on any atom is -0.497 e. The summed E-state index contributed by atoms with van der Waals surface area (Å²) in [4.78, 5) is 28.0. The summed E-state index contributed by atoms with van der Waals surface area (Å²) >= 11 is 0. The van der Waals surface area contributed by atoms with E-state index in [1.54, 1.807) is 36.3 Å². The number of rotatable bonds is 5. The molecule has 0 bridgehead atoms. The summed E-state index contributed by atoms with van der Waals surface area (Å²) in [7, 11) is 3.43. The van der Waals surface area contributed by atoms with E-state index < -0.39 is 0 Å². The highest BCUT2D eigenvalue weighted by atomic mass is 35.5. The van der Waals surface area contributed by atoms with Crippen molar-refractivity contribution in [1.29, 1.82) is 0 Å². The highest BCUT2D eigenvalue weighted by Crippen LogP contribution is 2.14. The van der Waals surface area contributed by atoms with Crippen LogP contribution in [0.15, 0.2) is 24.3 Å². The lowest BCUT2D eigenvalue weighted by atomic mass is 10.1. The van der Waals surface area contributed by atoms with Gasteiger partial charge in [-0.1, -0.05) is 0 Å². The Labute approximate surface area is 143 Å². The van der Waals surface area contributed by atoms with Crippen LogP contribution in [0.2, 0.25) is 0 Å². The number of carbonyl (C=O) groups is 2. The van der Waals surface area contributed by atoms with Crippen LogP contribution in [0, 0.1) is 0 Å². The Bertz CT molecular complexity index is 514. The van der Waals surface area contributed by atoms with Gasteiger partial charge >= 0.3 is 0 Å². The van der Waals surface area contributed by atoms with Crippen molar-refractivity contribution in [3.63, 3.8) is 0 Å². The molecule has 1 saturated heterocycles. The van der Waals surface area contributed by atoms with Gasteiger partial charge in [0.2, 0.25) is 5.91 Å². The van der Waals surface area contributed by atoms with Crippen molar-refractivity contribution in [3.8, 4) is 5.75 Å². The summed E-state index contributed by atoms with van der Waals surface area (Å²) in [5, 5.41) is 2.97. The lowest BCUT2D eigenvalue weighted by Crippen LogP contribution is -2.50. The van der Waals surface area contributed by atoms with Crippen LogP contribution >= 0.6 is 12.4 Å². The van der Waals surface area contributed by atoms with Crippen LogP contribution in [-0.2, 0) is 4.79 Å². The molecule has 7 heteroatoms. The van der Waals surface area contributed by atoms with Gasteiger partial charge in [0.05, 0.1) is 7.11 Å². The number of ether oxygens (including phenoxy) is 1. The van der Waals surface area contributed by atoms with Gasteiger partial charge in [-0.3, -0.25) is 9.59 Å². The number of benzene rings is 1. The first kappa shape index (κ1) is 19.3. The molecule has 0 saturated carbocycles. The van der Waals surface area contributed by atoms with Crippen molar-refractivity contribution < 1.29 is 14.3 Å². The number of carbonyl (C=O) groups excluding carboxylic acids is 2. The Balaban J connectivity index is 0.00000264. The SMILES string of the molecule is CNCCC(=O)N1CCN(C(=O)c2ccc(OC)cc2)CC1.Cl. The van der Waals surface area contributed by atoms with Crippen LogP contribution in [0.5, 0.6) is 5.75 Å². The highest BCUT2D eigenvalue weighted by molar-refractivity contribution is 5.94. The van der Waals surface area contributed by atoms with Crippen LogP contribution in [-0.4, -0.2) is 68.5 Å². The fraction of sp³-hybridized carbons (Fsp3) is 0.500. The normalized spacial score (nSPS) is 14.2. The molecule has 1 fully saturated rings. The molecule has 2 rings (SSSR count). The molecule has 23 heavy (non-hydrogen) atoms. The minimum absolute atomic E-state index is 0. The Kier molecular flexibility index (Phi) is 7.85. The maximum atomic E-state index is 12.4. The number of hydrogen-bond acceptors (Lipinski definition) is 4. The van der Waals surface area contributed by atoms with Crippen LogP contribution < -0.4 is 10.1 Å². The monoisotopic (exact) mass is 341 g/mol. The average molecular weight is 342 g/mol. The van der Waals surface area contributed by atoms with Crippen molar-refractivity contribution in [1.82, 2.24) is 15.1 Å². The van der Waals surface area contributed by atoms with E-state index in [9.17, 15) is 9.59 Å². The van der Waals surface area contributed by atoms with Crippen molar-refractivity contribution in [2.75, 3.05) is 46.9 Å². The van der Waals surface area contributed by atoms with E-state index >= 15 is 0 Å². The number of hydrogen-bond donors (Lipinski definition) is 1. The van der Waals surface area contributed by atoms with E-state index in [1.165, 1.54) is 0 Å². The summed E-state index contributed by atoms with van der Waals surface area (Å²) in [5.74, 6) is 0.882. The third-order valence-corrected chi connectivity index (χ3v) is 3.85. The fourth-order valence-electron chi connectivity index (χ4n) is 2.47. The van der Waals surface area contributed by atoms with E-state index in [1.807, 2.05) is 11.9 Å². The van der Waals surface area contributed by atoms with Gasteiger partial charge in [0.25, 0.3) is 5.91 Å². The molecule has 0 spiro atoms. The van der Waals surface area contributed by atoms with E-state index in [0.717, 1.165) is 5.75 Å². The first-order valence-electron chi connectivity index (χ1n) is 7.51. The minimum atomic E-state index is 0. The summed E-state index contributed by atoms with van der Waals surface area (Å²) < 4.78 is 5.09. The molecule has 0 aromatic heterocycles. The zero-order chi connectivity index (χ0) is 15.9. The van der Waals surface area contributed by atoms with Gasteiger partial charge in [0.15, 0.2) is 0 Å². The Morgan fingerprint density at radius 3 is 2.17 bits per heavy atom. The second kappa shape index (κ2) is 9.37. The summed E-state index contributed by atoms with van der Waals surface area (Å²) in [6, 6.07) is 7.10. The maximum Gasteiger partial charge on any atom is 0.253 e. The Morgan fingerprint density at radius 1 is 1.09 bits per heavy atom. The first-order chi connectivity index (χ1) is 10.7. The second-order valence-electron chi connectivity index (χ2n) is 5.26. The second-order valence-corrected chi connectivity index (χ2v) is 5.26. The van der Waals surface area contributed by atoms with E-state index in [4.69, 9.17) is 4.74 Å². The smallest absolute Gasteiger partial charge is 0.253 e. The number of halogens is 1. The molecular formula is C16H24ClN3O3. The van der Waals surface area contributed by atoms with E-state index in [2.05, 4.69) is 5.32 Å². The lowest BCUT2D eigenvalue weighted by Gasteiger charge is -2.35. The Hall–Kier alpha value is -1.79. The summed E-state index contributed by atoms with van der Waals surface area (Å²) in [6.45, 7) is 3.05. The number of nitrogens with one attached hydrogen (secondary N) is 1. The fourth-order valence-corrected chi connectivity index (χ4v) is 2.47. The molecule has 1 heterocycles. The van der Waals surface area contributed by atoms with E-state index in [-0.39, 0.29) is 24.2 Å². The molecule has 0 aliphatic carbocycles. The predicted molar refractivity (Wildman–Crippen MR) is 91.3 cm³/mol. The molecule has 128 valence electrons. The van der Waals surface area contributed by atoms with E-state index in [0.29, 0.717) is 44.7 Å². The summed E-state index contributed by atoms with van der Waals surface area (Å²) in [5.41, 5.74) is 0.649. The molecule has 2 amide bonds. The van der Waals surface area contributed by atoms with Gasteiger partial charge in [0, 0.05) is 44.7 Å². The van der Waals surface area contributed by atoms with Gasteiger partial charge < -0.3 is 19.9 Å². The van der Waals surface area contributed by atoms with Crippen molar-refractivity contribution >= 4 is 24.2 Å². The zero-order valence-corrected chi connectivity index (χ0v) is 14.4. The van der Waals surface area contributed by atoms with Gasteiger partial charge in [-0.25, -0.2) is 0 Å². The van der Waals surface area contributed by atoms with Crippen LogP contribution in [0.3, 0.4) is 0 Å². The molecular weight excluding hydrogens is 318 g/mol. The van der Waals surface area contributed by atoms with Crippen LogP contribution in [0.25, 0.3) is 0 Å². The molecule has 6 nitrogen and oxygen atoms in total. The summed E-state index contributed by atoms with van der Waals surface area (Å²) in [6.07, 6.45) is 0.503. The third kappa shape index (κ3) is 5.11. The lowest BCUT2D eigenvalue weighted by molar-refractivity contribution is -0.132. The topological polar surface area (TPSA) is 61.9 Å². The van der Waals surface area contributed by atoms with Gasteiger partial charge in [0.1, 0.15) is 5.75 Å².